The number of hydrogen-bond acceptors (Lipinski definition) is 2. The average Bonchev–Trinajstić information content (AvgIpc) is 2.50. The SMILES string of the molecule is CCC[C@H]1CC1CN=O. The van der Waals surface area contributed by atoms with Crippen molar-refractivity contribution in [3.05, 3.63) is 4.91 Å². The van der Waals surface area contributed by atoms with E-state index in [1.54, 1.807) is 0 Å². The molecule has 0 aliphatic heterocycles. The first-order chi connectivity index (χ1) is 4.38. The van der Waals surface area contributed by atoms with E-state index in [1.165, 1.54) is 19.3 Å². The Morgan fingerprint density at radius 2 is 2.33 bits per heavy atom. The predicted octanol–water partition coefficient (Wildman–Crippen LogP) is 2.19. The van der Waals surface area contributed by atoms with Crippen LogP contribution in [0.5, 0.6) is 0 Å². The van der Waals surface area contributed by atoms with Gasteiger partial charge >= 0.3 is 0 Å². The molecule has 0 saturated heterocycles. The summed E-state index contributed by atoms with van der Waals surface area (Å²) in [7, 11) is 0. The van der Waals surface area contributed by atoms with Gasteiger partial charge < -0.3 is 0 Å². The highest BCUT2D eigenvalue weighted by molar-refractivity contribution is 4.86. The zero-order valence-electron chi connectivity index (χ0n) is 5.84. The summed E-state index contributed by atoms with van der Waals surface area (Å²) < 4.78 is 0. The number of nitroso groups, excluding NO2 is 1. The fourth-order valence-electron chi connectivity index (χ4n) is 1.35. The lowest BCUT2D eigenvalue weighted by molar-refractivity contribution is 0.637. The van der Waals surface area contributed by atoms with Crippen molar-refractivity contribution in [3.63, 3.8) is 0 Å². The van der Waals surface area contributed by atoms with Gasteiger partial charge in [-0.2, -0.15) is 4.91 Å². The molecule has 1 unspecified atom stereocenters. The van der Waals surface area contributed by atoms with Gasteiger partial charge in [0.15, 0.2) is 0 Å². The molecule has 1 rings (SSSR count). The van der Waals surface area contributed by atoms with Gasteiger partial charge in [-0.3, -0.25) is 0 Å². The molecule has 52 valence electrons. The smallest absolute Gasteiger partial charge is 0.0842 e. The Morgan fingerprint density at radius 3 is 2.89 bits per heavy atom. The quantitative estimate of drug-likeness (QED) is 0.532. The summed E-state index contributed by atoms with van der Waals surface area (Å²) in [6.45, 7) is 2.74. The maximum absolute atomic E-state index is 9.76. The maximum atomic E-state index is 9.76. The van der Waals surface area contributed by atoms with Crippen LogP contribution in [0.15, 0.2) is 5.18 Å². The summed E-state index contributed by atoms with van der Waals surface area (Å²) in [5.41, 5.74) is 0. The van der Waals surface area contributed by atoms with Crippen LogP contribution in [0.3, 0.4) is 0 Å². The molecule has 1 aliphatic carbocycles. The van der Waals surface area contributed by atoms with E-state index in [9.17, 15) is 4.91 Å². The summed E-state index contributed by atoms with van der Waals surface area (Å²) in [6, 6.07) is 0. The molecular formula is C7H13NO. The van der Waals surface area contributed by atoms with E-state index in [1.807, 2.05) is 0 Å². The van der Waals surface area contributed by atoms with Gasteiger partial charge in [-0.25, -0.2) is 0 Å². The maximum Gasteiger partial charge on any atom is 0.0842 e. The minimum Gasteiger partial charge on any atom is -0.151 e. The molecule has 0 spiro atoms. The molecule has 0 aromatic heterocycles. The van der Waals surface area contributed by atoms with E-state index < -0.39 is 0 Å². The molecule has 0 heterocycles. The zero-order chi connectivity index (χ0) is 6.69. The van der Waals surface area contributed by atoms with Crippen LogP contribution in [0, 0.1) is 16.7 Å². The topological polar surface area (TPSA) is 29.4 Å². The lowest BCUT2D eigenvalue weighted by Gasteiger charge is -1.89. The molecule has 0 bridgehead atoms. The molecule has 0 aromatic rings. The summed E-state index contributed by atoms with van der Waals surface area (Å²) in [4.78, 5) is 9.76. The highest BCUT2D eigenvalue weighted by Gasteiger charge is 2.35. The van der Waals surface area contributed by atoms with Gasteiger partial charge in [0, 0.05) is 0 Å². The molecule has 1 aliphatic rings. The van der Waals surface area contributed by atoms with Crippen molar-refractivity contribution in [1.29, 1.82) is 0 Å². The highest BCUT2D eigenvalue weighted by atomic mass is 16.3. The van der Waals surface area contributed by atoms with Crippen LogP contribution in [-0.4, -0.2) is 6.54 Å². The summed E-state index contributed by atoms with van der Waals surface area (Å²) in [5.74, 6) is 1.50. The molecule has 2 nitrogen and oxygen atoms in total. The normalized spacial score (nSPS) is 32.1. The summed E-state index contributed by atoms with van der Waals surface area (Å²) in [6.07, 6.45) is 3.79. The van der Waals surface area contributed by atoms with Crippen LogP contribution in [0.2, 0.25) is 0 Å². The van der Waals surface area contributed by atoms with Crippen molar-refractivity contribution in [1.82, 2.24) is 0 Å². The van der Waals surface area contributed by atoms with Crippen molar-refractivity contribution in [3.8, 4) is 0 Å². The van der Waals surface area contributed by atoms with Crippen LogP contribution < -0.4 is 0 Å². The molecule has 0 N–H and O–H groups in total. The number of hydrogen-bond donors (Lipinski definition) is 0. The highest BCUT2D eigenvalue weighted by Crippen LogP contribution is 2.41. The average molecular weight is 127 g/mol. The van der Waals surface area contributed by atoms with Gasteiger partial charge in [0.2, 0.25) is 0 Å². The predicted molar refractivity (Wildman–Crippen MR) is 37.2 cm³/mol. The lowest BCUT2D eigenvalue weighted by Crippen LogP contribution is -1.85. The van der Waals surface area contributed by atoms with Gasteiger partial charge in [-0.15, -0.1) is 0 Å². The van der Waals surface area contributed by atoms with E-state index in [0.29, 0.717) is 12.5 Å². The molecule has 2 atom stereocenters. The molecule has 1 saturated carbocycles. The van der Waals surface area contributed by atoms with E-state index in [-0.39, 0.29) is 0 Å². The monoisotopic (exact) mass is 127 g/mol. The second-order valence-electron chi connectivity index (χ2n) is 2.86. The van der Waals surface area contributed by atoms with Crippen molar-refractivity contribution >= 4 is 0 Å². The Bertz CT molecular complexity index is 103. The molecule has 0 radical (unpaired) electrons. The third kappa shape index (κ3) is 1.77. The third-order valence-corrected chi connectivity index (χ3v) is 2.04. The molecular weight excluding hydrogens is 114 g/mol. The van der Waals surface area contributed by atoms with Gasteiger partial charge in [0.05, 0.1) is 6.54 Å². The Labute approximate surface area is 55.6 Å². The standard InChI is InChI=1S/C7H13NO/c1-2-3-6-4-7(6)5-8-9/h6-7H,2-5H2,1H3/t6-,7?/m0/s1. The summed E-state index contributed by atoms with van der Waals surface area (Å²) in [5, 5.41) is 2.88. The molecule has 2 heteroatoms. The van der Waals surface area contributed by atoms with E-state index in [2.05, 4.69) is 12.1 Å². The molecule has 0 amide bonds. The Morgan fingerprint density at radius 1 is 1.56 bits per heavy atom. The molecule has 0 aromatic carbocycles. The van der Waals surface area contributed by atoms with Crippen LogP contribution in [0.25, 0.3) is 0 Å². The first-order valence-electron chi connectivity index (χ1n) is 3.67. The number of nitrogens with zero attached hydrogens (tertiary/aromatic N) is 1. The van der Waals surface area contributed by atoms with E-state index >= 15 is 0 Å². The largest absolute Gasteiger partial charge is 0.151 e. The van der Waals surface area contributed by atoms with Crippen molar-refractivity contribution in [2.45, 2.75) is 26.2 Å². The van der Waals surface area contributed by atoms with Gasteiger partial charge in [0.25, 0.3) is 0 Å². The molecule has 9 heavy (non-hydrogen) atoms. The number of rotatable bonds is 4. The first kappa shape index (κ1) is 6.72. The van der Waals surface area contributed by atoms with Gasteiger partial charge in [-0.05, 0) is 18.3 Å². The second-order valence-corrected chi connectivity index (χ2v) is 2.86. The van der Waals surface area contributed by atoms with Crippen molar-refractivity contribution in [2.24, 2.45) is 17.0 Å². The van der Waals surface area contributed by atoms with Gasteiger partial charge in [0.1, 0.15) is 0 Å². The Kier molecular flexibility index (Phi) is 2.20. The third-order valence-electron chi connectivity index (χ3n) is 2.04. The minimum absolute atomic E-state index is 0.560. The van der Waals surface area contributed by atoms with Crippen LogP contribution in [0.4, 0.5) is 0 Å². The van der Waals surface area contributed by atoms with Crippen molar-refractivity contribution < 1.29 is 0 Å². The van der Waals surface area contributed by atoms with Crippen LogP contribution >= 0.6 is 0 Å². The van der Waals surface area contributed by atoms with E-state index in [0.717, 1.165) is 5.92 Å². The van der Waals surface area contributed by atoms with Gasteiger partial charge in [-0.1, -0.05) is 24.9 Å². The van der Waals surface area contributed by atoms with Crippen LogP contribution in [0.1, 0.15) is 26.2 Å². The Balaban J connectivity index is 2.02. The lowest BCUT2D eigenvalue weighted by atomic mass is 10.2. The van der Waals surface area contributed by atoms with E-state index in [4.69, 9.17) is 0 Å². The Hall–Kier alpha value is -0.400. The van der Waals surface area contributed by atoms with Crippen molar-refractivity contribution in [2.75, 3.05) is 6.54 Å². The van der Waals surface area contributed by atoms with Crippen LogP contribution in [-0.2, 0) is 0 Å². The fourth-order valence-corrected chi connectivity index (χ4v) is 1.35. The molecule has 1 fully saturated rings. The fraction of sp³-hybridized carbons (Fsp3) is 1.00. The second kappa shape index (κ2) is 2.95. The minimum atomic E-state index is 0.560. The first-order valence-corrected chi connectivity index (χ1v) is 3.67. The summed E-state index contributed by atoms with van der Waals surface area (Å²) >= 11 is 0. The zero-order valence-corrected chi connectivity index (χ0v) is 5.84.